The first-order chi connectivity index (χ1) is 10.2. The molecule has 106 valence electrons. The molecule has 21 heavy (non-hydrogen) atoms. The van der Waals surface area contributed by atoms with Crippen molar-refractivity contribution < 1.29 is 4.79 Å². The van der Waals surface area contributed by atoms with Crippen LogP contribution in [0, 0.1) is 0 Å². The third-order valence-electron chi connectivity index (χ3n) is 4.44. The number of hydrogen-bond donors (Lipinski definition) is 0. The summed E-state index contributed by atoms with van der Waals surface area (Å²) in [4.78, 5) is 23.3. The fourth-order valence-electron chi connectivity index (χ4n) is 3.48. The maximum absolute atomic E-state index is 12.8. The van der Waals surface area contributed by atoms with Crippen LogP contribution in [0.25, 0.3) is 0 Å². The lowest BCUT2D eigenvalue weighted by Crippen LogP contribution is -2.42. The quantitative estimate of drug-likeness (QED) is 0.813. The lowest BCUT2D eigenvalue weighted by molar-refractivity contribution is 0.0644. The average Bonchev–Trinajstić information content (AvgIpc) is 2.82. The Morgan fingerprint density at radius 1 is 1.24 bits per heavy atom. The predicted octanol–water partition coefficient (Wildman–Crippen LogP) is 3.03. The topological polar surface area (TPSA) is 46.1 Å². The molecule has 2 atom stereocenters. The number of aromatic nitrogens is 2. The number of amides is 1. The van der Waals surface area contributed by atoms with E-state index in [0.717, 1.165) is 30.5 Å². The summed E-state index contributed by atoms with van der Waals surface area (Å²) < 4.78 is 0. The highest BCUT2D eigenvalue weighted by Crippen LogP contribution is 2.43. The van der Waals surface area contributed by atoms with Crippen LogP contribution in [0.5, 0.6) is 0 Å². The van der Waals surface area contributed by atoms with E-state index in [0.29, 0.717) is 10.6 Å². The van der Waals surface area contributed by atoms with Crippen molar-refractivity contribution in [3.63, 3.8) is 0 Å². The third-order valence-corrected chi connectivity index (χ3v) is 4.70. The number of benzene rings is 1. The molecule has 1 saturated heterocycles. The van der Waals surface area contributed by atoms with Crippen LogP contribution in [-0.2, 0) is 6.42 Å². The fourth-order valence-corrected chi connectivity index (χ4v) is 3.60. The van der Waals surface area contributed by atoms with Crippen molar-refractivity contribution in [2.24, 2.45) is 0 Å². The molecule has 0 aliphatic carbocycles. The Morgan fingerprint density at radius 3 is 2.86 bits per heavy atom. The first kappa shape index (κ1) is 12.8. The van der Waals surface area contributed by atoms with Gasteiger partial charge in [0.2, 0.25) is 0 Å². The van der Waals surface area contributed by atoms with Gasteiger partial charge in [0.05, 0.1) is 11.7 Å². The highest BCUT2D eigenvalue weighted by molar-refractivity contribution is 6.30. The van der Waals surface area contributed by atoms with Gasteiger partial charge < -0.3 is 4.90 Å². The second-order valence-corrected chi connectivity index (χ2v) is 6.03. The first-order valence-electron chi connectivity index (χ1n) is 7.11. The van der Waals surface area contributed by atoms with Crippen molar-refractivity contribution >= 4 is 17.5 Å². The number of nitrogens with zero attached hydrogens (tertiary/aromatic N) is 3. The van der Waals surface area contributed by atoms with Crippen LogP contribution in [0.2, 0.25) is 5.02 Å². The fraction of sp³-hybridized carbons (Fsp3) is 0.312. The predicted molar refractivity (Wildman–Crippen MR) is 79.1 cm³/mol. The zero-order chi connectivity index (χ0) is 14.4. The second kappa shape index (κ2) is 4.81. The third kappa shape index (κ3) is 2.02. The smallest absolute Gasteiger partial charge is 0.254 e. The molecule has 5 heteroatoms. The molecular formula is C16H14ClN3O. The molecule has 1 aromatic heterocycles. The van der Waals surface area contributed by atoms with Crippen molar-refractivity contribution in [1.82, 2.24) is 14.9 Å². The standard InChI is InChI=1S/C16H14ClN3O/c17-11-3-1-10(2-4-11)16(21)20-12-5-6-15(20)13-8-18-9-19-14(13)7-12/h1-4,8-9,12,15H,5-7H2. The van der Waals surface area contributed by atoms with Gasteiger partial charge in [-0.15, -0.1) is 0 Å². The van der Waals surface area contributed by atoms with Gasteiger partial charge in [-0.1, -0.05) is 11.6 Å². The van der Waals surface area contributed by atoms with Gasteiger partial charge in [0, 0.05) is 34.8 Å². The average molecular weight is 300 g/mol. The van der Waals surface area contributed by atoms with Crippen LogP contribution in [0.3, 0.4) is 0 Å². The molecule has 1 aromatic carbocycles. The molecule has 2 unspecified atom stereocenters. The zero-order valence-electron chi connectivity index (χ0n) is 11.4. The lowest BCUT2D eigenvalue weighted by atomic mass is 9.98. The summed E-state index contributed by atoms with van der Waals surface area (Å²) in [5.74, 6) is 0.0775. The van der Waals surface area contributed by atoms with Crippen LogP contribution >= 0.6 is 11.6 Å². The van der Waals surface area contributed by atoms with Crippen LogP contribution in [-0.4, -0.2) is 26.8 Å². The Labute approximate surface area is 127 Å². The van der Waals surface area contributed by atoms with E-state index >= 15 is 0 Å². The molecule has 2 aliphatic rings. The van der Waals surface area contributed by atoms with E-state index in [-0.39, 0.29) is 18.0 Å². The van der Waals surface area contributed by atoms with Crippen LogP contribution in [0.4, 0.5) is 0 Å². The van der Waals surface area contributed by atoms with Crippen molar-refractivity contribution in [1.29, 1.82) is 0 Å². The highest BCUT2D eigenvalue weighted by Gasteiger charge is 2.43. The van der Waals surface area contributed by atoms with Crippen molar-refractivity contribution in [3.8, 4) is 0 Å². The molecule has 4 rings (SSSR count). The van der Waals surface area contributed by atoms with Crippen molar-refractivity contribution in [2.45, 2.75) is 31.3 Å². The van der Waals surface area contributed by atoms with Gasteiger partial charge in [-0.05, 0) is 37.1 Å². The number of fused-ring (bicyclic) bond motifs is 4. The lowest BCUT2D eigenvalue weighted by Gasteiger charge is -2.35. The van der Waals surface area contributed by atoms with Gasteiger partial charge in [0.1, 0.15) is 6.33 Å². The van der Waals surface area contributed by atoms with Crippen molar-refractivity contribution in [3.05, 3.63) is 58.6 Å². The minimum atomic E-state index is 0.0775. The summed E-state index contributed by atoms with van der Waals surface area (Å²) in [7, 11) is 0. The van der Waals surface area contributed by atoms with Gasteiger partial charge >= 0.3 is 0 Å². The van der Waals surface area contributed by atoms with Crippen LogP contribution in [0.15, 0.2) is 36.8 Å². The van der Waals surface area contributed by atoms with Crippen molar-refractivity contribution in [2.75, 3.05) is 0 Å². The normalized spacial score (nSPS) is 23.0. The largest absolute Gasteiger partial charge is 0.328 e. The highest BCUT2D eigenvalue weighted by atomic mass is 35.5. The number of carbonyl (C=O) groups excluding carboxylic acids is 1. The second-order valence-electron chi connectivity index (χ2n) is 5.60. The van der Waals surface area contributed by atoms with Gasteiger partial charge in [-0.2, -0.15) is 0 Å². The van der Waals surface area contributed by atoms with Crippen LogP contribution in [0.1, 0.15) is 40.5 Å². The van der Waals surface area contributed by atoms with Gasteiger partial charge in [0.15, 0.2) is 0 Å². The molecule has 2 bridgehead atoms. The molecular weight excluding hydrogens is 286 g/mol. The maximum Gasteiger partial charge on any atom is 0.254 e. The van der Waals surface area contributed by atoms with E-state index in [1.165, 1.54) is 0 Å². The number of rotatable bonds is 1. The van der Waals surface area contributed by atoms with Gasteiger partial charge in [-0.25, -0.2) is 9.97 Å². The Hall–Kier alpha value is -1.94. The summed E-state index contributed by atoms with van der Waals surface area (Å²) in [6, 6.07) is 7.47. The van der Waals surface area contributed by atoms with E-state index in [4.69, 9.17) is 11.6 Å². The molecule has 2 aliphatic heterocycles. The Kier molecular flexibility index (Phi) is 2.93. The minimum Gasteiger partial charge on any atom is -0.328 e. The van der Waals surface area contributed by atoms with E-state index in [2.05, 4.69) is 9.97 Å². The maximum atomic E-state index is 12.8. The molecule has 1 fully saturated rings. The Bertz CT molecular complexity index is 701. The first-order valence-corrected chi connectivity index (χ1v) is 7.49. The summed E-state index contributed by atoms with van der Waals surface area (Å²) in [5.41, 5.74) is 2.89. The molecule has 3 heterocycles. The summed E-state index contributed by atoms with van der Waals surface area (Å²) in [6.07, 6.45) is 6.30. The van der Waals surface area contributed by atoms with E-state index in [9.17, 15) is 4.79 Å². The van der Waals surface area contributed by atoms with Gasteiger partial charge in [-0.3, -0.25) is 4.79 Å². The molecule has 0 saturated carbocycles. The summed E-state index contributed by atoms with van der Waals surface area (Å²) in [5, 5.41) is 0.645. The molecule has 0 N–H and O–H groups in total. The van der Waals surface area contributed by atoms with Crippen LogP contribution < -0.4 is 0 Å². The van der Waals surface area contributed by atoms with Gasteiger partial charge in [0.25, 0.3) is 5.91 Å². The summed E-state index contributed by atoms with van der Waals surface area (Å²) in [6.45, 7) is 0. The Morgan fingerprint density at radius 2 is 2.05 bits per heavy atom. The Balaban J connectivity index is 1.71. The van der Waals surface area contributed by atoms with E-state index in [1.54, 1.807) is 30.6 Å². The summed E-state index contributed by atoms with van der Waals surface area (Å²) >= 11 is 5.90. The molecule has 2 aromatic rings. The molecule has 1 amide bonds. The monoisotopic (exact) mass is 299 g/mol. The molecule has 0 radical (unpaired) electrons. The molecule has 4 nitrogen and oxygen atoms in total. The number of hydrogen-bond acceptors (Lipinski definition) is 3. The minimum absolute atomic E-state index is 0.0775. The molecule has 0 spiro atoms. The number of halogens is 1. The SMILES string of the molecule is O=C(c1ccc(Cl)cc1)N1C2CCC1c1cncnc1C2. The number of carbonyl (C=O) groups is 1. The van der Waals surface area contributed by atoms with E-state index < -0.39 is 0 Å². The zero-order valence-corrected chi connectivity index (χ0v) is 12.1. The van der Waals surface area contributed by atoms with E-state index in [1.807, 2.05) is 11.1 Å².